The molecular formula is C13H25N3O2. The van der Waals surface area contributed by atoms with Crippen LogP contribution in [0.4, 0.5) is 0 Å². The lowest BCUT2D eigenvalue weighted by Gasteiger charge is -2.38. The van der Waals surface area contributed by atoms with Crippen LogP contribution in [-0.4, -0.2) is 35.3 Å². The average molecular weight is 255 g/mol. The zero-order chi connectivity index (χ0) is 13.9. The van der Waals surface area contributed by atoms with Gasteiger partial charge in [0.15, 0.2) is 0 Å². The van der Waals surface area contributed by atoms with Crippen LogP contribution in [0.15, 0.2) is 0 Å². The molecule has 0 saturated heterocycles. The minimum absolute atomic E-state index is 0.0214. The van der Waals surface area contributed by atoms with E-state index in [9.17, 15) is 9.59 Å². The largest absolute Gasteiger partial charge is 0.368 e. The normalized spacial score (nSPS) is 28.2. The summed E-state index contributed by atoms with van der Waals surface area (Å²) in [6.45, 7) is 5.82. The Morgan fingerprint density at radius 1 is 1.33 bits per heavy atom. The lowest BCUT2D eigenvalue weighted by atomic mass is 9.76. The van der Waals surface area contributed by atoms with E-state index in [4.69, 9.17) is 11.5 Å². The summed E-state index contributed by atoms with van der Waals surface area (Å²) < 4.78 is 0. The van der Waals surface area contributed by atoms with Crippen molar-refractivity contribution < 1.29 is 9.59 Å². The van der Waals surface area contributed by atoms with Crippen LogP contribution in [0.3, 0.4) is 0 Å². The maximum atomic E-state index is 12.5. The molecule has 0 aliphatic heterocycles. The molecule has 18 heavy (non-hydrogen) atoms. The van der Waals surface area contributed by atoms with E-state index in [0.717, 1.165) is 19.3 Å². The second kappa shape index (κ2) is 6.18. The van der Waals surface area contributed by atoms with Gasteiger partial charge < -0.3 is 16.4 Å². The quantitative estimate of drug-likeness (QED) is 0.765. The maximum absolute atomic E-state index is 12.5. The molecule has 1 aliphatic carbocycles. The monoisotopic (exact) mass is 255 g/mol. The molecule has 3 unspecified atom stereocenters. The third kappa shape index (κ3) is 3.45. The van der Waals surface area contributed by atoms with E-state index in [2.05, 4.69) is 6.92 Å². The van der Waals surface area contributed by atoms with E-state index < -0.39 is 5.91 Å². The molecule has 0 aromatic carbocycles. The topological polar surface area (TPSA) is 89.4 Å². The van der Waals surface area contributed by atoms with Crippen molar-refractivity contribution in [3.8, 4) is 0 Å². The molecular weight excluding hydrogens is 230 g/mol. The van der Waals surface area contributed by atoms with Crippen molar-refractivity contribution in [2.75, 3.05) is 6.54 Å². The van der Waals surface area contributed by atoms with Gasteiger partial charge in [0.05, 0.1) is 12.5 Å². The van der Waals surface area contributed by atoms with Crippen molar-refractivity contribution in [2.24, 2.45) is 23.3 Å². The van der Waals surface area contributed by atoms with E-state index >= 15 is 0 Å². The Morgan fingerprint density at radius 3 is 2.39 bits per heavy atom. The molecule has 0 aromatic rings. The first kappa shape index (κ1) is 15.0. The van der Waals surface area contributed by atoms with Gasteiger partial charge >= 0.3 is 0 Å². The standard InChI is InChI=1S/C13H25N3O2/c1-8(2)16(7-11(15)17)13(18)12-9(3)5-4-6-10(12)14/h8-10,12H,4-7,14H2,1-3H3,(H2,15,17). The van der Waals surface area contributed by atoms with Crippen LogP contribution in [0, 0.1) is 11.8 Å². The van der Waals surface area contributed by atoms with Gasteiger partial charge in [-0.1, -0.05) is 13.3 Å². The number of nitrogens with zero attached hydrogens (tertiary/aromatic N) is 1. The van der Waals surface area contributed by atoms with E-state index in [0.29, 0.717) is 0 Å². The number of nitrogens with two attached hydrogens (primary N) is 2. The summed E-state index contributed by atoms with van der Waals surface area (Å²) in [7, 11) is 0. The van der Waals surface area contributed by atoms with E-state index in [1.165, 1.54) is 0 Å². The Kier molecular flexibility index (Phi) is 5.14. The lowest BCUT2D eigenvalue weighted by Crippen LogP contribution is -2.52. The highest BCUT2D eigenvalue weighted by Gasteiger charge is 2.37. The fourth-order valence-electron chi connectivity index (χ4n) is 2.76. The fraction of sp³-hybridized carbons (Fsp3) is 0.846. The number of carbonyl (C=O) groups is 2. The third-order valence-electron chi connectivity index (χ3n) is 3.79. The summed E-state index contributed by atoms with van der Waals surface area (Å²) >= 11 is 0. The first-order valence-electron chi connectivity index (χ1n) is 6.69. The molecule has 0 heterocycles. The molecule has 5 nitrogen and oxygen atoms in total. The Bertz CT molecular complexity index is 307. The zero-order valence-electron chi connectivity index (χ0n) is 11.6. The van der Waals surface area contributed by atoms with Gasteiger partial charge in [-0.25, -0.2) is 0 Å². The molecule has 1 saturated carbocycles. The highest BCUT2D eigenvalue weighted by atomic mass is 16.2. The van der Waals surface area contributed by atoms with Crippen molar-refractivity contribution in [1.82, 2.24) is 4.90 Å². The predicted octanol–water partition coefficient (Wildman–Crippen LogP) is 0.472. The summed E-state index contributed by atoms with van der Waals surface area (Å²) in [4.78, 5) is 25.1. The number of hydrogen-bond acceptors (Lipinski definition) is 3. The van der Waals surface area contributed by atoms with Crippen molar-refractivity contribution >= 4 is 11.8 Å². The summed E-state index contributed by atoms with van der Waals surface area (Å²) in [6, 6.07) is -0.137. The molecule has 2 amide bonds. The van der Waals surface area contributed by atoms with Crippen LogP contribution in [0.1, 0.15) is 40.0 Å². The summed E-state index contributed by atoms with van der Waals surface area (Å²) in [5.41, 5.74) is 11.3. The molecule has 0 aromatic heterocycles. The minimum atomic E-state index is -0.478. The first-order valence-corrected chi connectivity index (χ1v) is 6.69. The lowest BCUT2D eigenvalue weighted by molar-refractivity contribution is -0.143. The SMILES string of the molecule is CC1CCCC(N)C1C(=O)N(CC(N)=O)C(C)C. The van der Waals surface area contributed by atoms with Crippen LogP contribution in [0.5, 0.6) is 0 Å². The Morgan fingerprint density at radius 2 is 1.94 bits per heavy atom. The van der Waals surface area contributed by atoms with Crippen molar-refractivity contribution in [2.45, 2.75) is 52.1 Å². The third-order valence-corrected chi connectivity index (χ3v) is 3.79. The number of carbonyl (C=O) groups excluding carboxylic acids is 2. The van der Waals surface area contributed by atoms with Crippen LogP contribution in [-0.2, 0) is 9.59 Å². The highest BCUT2D eigenvalue weighted by Crippen LogP contribution is 2.30. The van der Waals surface area contributed by atoms with Gasteiger partial charge in [-0.15, -0.1) is 0 Å². The molecule has 1 fully saturated rings. The van der Waals surface area contributed by atoms with E-state index in [1.54, 1.807) is 4.90 Å². The smallest absolute Gasteiger partial charge is 0.237 e. The van der Waals surface area contributed by atoms with Gasteiger partial charge in [-0.05, 0) is 32.6 Å². The van der Waals surface area contributed by atoms with Gasteiger partial charge in [0.25, 0.3) is 0 Å². The number of hydrogen-bond donors (Lipinski definition) is 2. The molecule has 104 valence electrons. The van der Waals surface area contributed by atoms with Gasteiger partial charge in [0.2, 0.25) is 11.8 Å². The summed E-state index contributed by atoms with van der Waals surface area (Å²) in [5, 5.41) is 0. The van der Waals surface area contributed by atoms with E-state index in [-0.39, 0.29) is 36.4 Å². The molecule has 0 spiro atoms. The molecule has 1 aliphatic rings. The highest BCUT2D eigenvalue weighted by molar-refractivity contribution is 5.86. The number of primary amides is 1. The zero-order valence-corrected chi connectivity index (χ0v) is 11.6. The molecule has 0 bridgehead atoms. The summed E-state index contributed by atoms with van der Waals surface area (Å²) in [6.07, 6.45) is 2.97. The van der Waals surface area contributed by atoms with Crippen molar-refractivity contribution in [3.05, 3.63) is 0 Å². The van der Waals surface area contributed by atoms with Crippen LogP contribution in [0.25, 0.3) is 0 Å². The van der Waals surface area contributed by atoms with Crippen molar-refractivity contribution in [3.63, 3.8) is 0 Å². The van der Waals surface area contributed by atoms with Gasteiger partial charge in [0, 0.05) is 12.1 Å². The Hall–Kier alpha value is -1.10. The number of amides is 2. The van der Waals surface area contributed by atoms with Crippen molar-refractivity contribution in [1.29, 1.82) is 0 Å². The Labute approximate surface area is 109 Å². The minimum Gasteiger partial charge on any atom is -0.368 e. The van der Waals surface area contributed by atoms with Crippen LogP contribution in [0.2, 0.25) is 0 Å². The van der Waals surface area contributed by atoms with Gasteiger partial charge in [-0.2, -0.15) is 0 Å². The van der Waals surface area contributed by atoms with Gasteiger partial charge in [-0.3, -0.25) is 9.59 Å². The fourth-order valence-corrected chi connectivity index (χ4v) is 2.76. The molecule has 5 heteroatoms. The van der Waals surface area contributed by atoms with Crippen LogP contribution < -0.4 is 11.5 Å². The van der Waals surface area contributed by atoms with Gasteiger partial charge in [0.1, 0.15) is 0 Å². The summed E-state index contributed by atoms with van der Waals surface area (Å²) in [5.74, 6) is -0.409. The maximum Gasteiger partial charge on any atom is 0.237 e. The molecule has 3 atom stereocenters. The average Bonchev–Trinajstić information content (AvgIpc) is 2.24. The molecule has 1 rings (SSSR count). The predicted molar refractivity (Wildman–Crippen MR) is 70.5 cm³/mol. The second-order valence-corrected chi connectivity index (χ2v) is 5.62. The second-order valence-electron chi connectivity index (χ2n) is 5.62. The Balaban J connectivity index is 2.83. The number of rotatable bonds is 4. The molecule has 4 N–H and O–H groups in total. The van der Waals surface area contributed by atoms with Crippen LogP contribution >= 0.6 is 0 Å². The van der Waals surface area contributed by atoms with E-state index in [1.807, 2.05) is 13.8 Å². The molecule has 0 radical (unpaired) electrons. The first-order chi connectivity index (χ1) is 8.34.